The van der Waals surface area contributed by atoms with Crippen molar-refractivity contribution in [2.45, 2.75) is 25.1 Å². The highest BCUT2D eigenvalue weighted by Gasteiger charge is 2.53. The van der Waals surface area contributed by atoms with Crippen LogP contribution in [-0.2, 0) is 20.8 Å². The molecule has 2 aliphatic heterocycles. The van der Waals surface area contributed by atoms with Gasteiger partial charge in [0.15, 0.2) is 0 Å². The summed E-state index contributed by atoms with van der Waals surface area (Å²) in [4.78, 5) is 51.3. The van der Waals surface area contributed by atoms with Gasteiger partial charge in [0.05, 0.1) is 11.3 Å². The van der Waals surface area contributed by atoms with Gasteiger partial charge in [-0.2, -0.15) is 0 Å². The van der Waals surface area contributed by atoms with E-state index in [0.717, 1.165) is 15.8 Å². The summed E-state index contributed by atoms with van der Waals surface area (Å²) in [5, 5.41) is 12.2. The van der Waals surface area contributed by atoms with E-state index in [1.54, 1.807) is 18.2 Å². The molecule has 0 spiro atoms. The van der Waals surface area contributed by atoms with Gasteiger partial charge in [-0.15, -0.1) is 23.1 Å². The van der Waals surface area contributed by atoms with Crippen molar-refractivity contribution in [1.29, 1.82) is 0 Å². The monoisotopic (exact) mass is 511 g/mol. The van der Waals surface area contributed by atoms with Crippen LogP contribution in [0.15, 0.2) is 62.3 Å². The third-order valence-corrected chi connectivity index (χ3v) is 8.37. The van der Waals surface area contributed by atoms with Crippen LogP contribution in [0.5, 0.6) is 5.75 Å². The lowest BCUT2D eigenvalue weighted by atomic mass is 9.89. The number of carbonyl (C=O) groups excluding carboxylic acids is 2. The number of fused-ring (bicyclic) bond motifs is 2. The number of carboxylic acids is 1. The standard InChI is InChI=1S/C25H21NO7S2/c1-13-7-21(28)33-20-10-16(4-5-18(13)20)32-11-14-12-35-24-19(23(29)26(24)22(14)25(30)31)9-15(27)8-17-3-2-6-34-17/h2-7,10,19,24H,8-9,11-12H2,1H3,(H,30,31). The zero-order chi connectivity index (χ0) is 24.7. The zero-order valence-corrected chi connectivity index (χ0v) is 20.3. The van der Waals surface area contributed by atoms with Crippen LogP contribution in [0.1, 0.15) is 16.9 Å². The summed E-state index contributed by atoms with van der Waals surface area (Å²) in [7, 11) is 0. The molecule has 0 saturated carbocycles. The van der Waals surface area contributed by atoms with Crippen LogP contribution in [0, 0.1) is 12.8 Å². The number of Topliss-reactive ketones (excluding diaryl/α,β-unsaturated/α-hetero) is 1. The zero-order valence-electron chi connectivity index (χ0n) is 18.7. The minimum Gasteiger partial charge on any atom is -0.489 e. The quantitative estimate of drug-likeness (QED) is 0.360. The molecule has 0 radical (unpaired) electrons. The van der Waals surface area contributed by atoms with E-state index in [1.165, 1.54) is 34.1 Å². The number of hydrogen-bond acceptors (Lipinski definition) is 8. The molecule has 0 bridgehead atoms. The first-order valence-electron chi connectivity index (χ1n) is 10.9. The first-order valence-corrected chi connectivity index (χ1v) is 12.9. The number of nitrogens with zero attached hydrogens (tertiary/aromatic N) is 1. The summed E-state index contributed by atoms with van der Waals surface area (Å²) in [6.45, 7) is 1.78. The Bertz CT molecular complexity index is 1420. The van der Waals surface area contributed by atoms with Crippen molar-refractivity contribution < 1.29 is 28.6 Å². The van der Waals surface area contributed by atoms with Crippen molar-refractivity contribution in [1.82, 2.24) is 4.90 Å². The fourth-order valence-electron chi connectivity index (χ4n) is 4.42. The number of rotatable bonds is 8. The molecule has 2 unspecified atom stereocenters. The SMILES string of the molecule is Cc1cc(=O)oc2cc(OCC3=C(C(=O)O)N4C(=O)C(CC(=O)Cc5cccs5)C4SC3)ccc12. The van der Waals surface area contributed by atoms with Crippen LogP contribution < -0.4 is 10.4 Å². The van der Waals surface area contributed by atoms with Crippen LogP contribution in [0.3, 0.4) is 0 Å². The number of ketones is 1. The molecule has 10 heteroatoms. The van der Waals surface area contributed by atoms with E-state index in [4.69, 9.17) is 9.15 Å². The van der Waals surface area contributed by atoms with Crippen LogP contribution in [-0.4, -0.2) is 45.4 Å². The molecule has 2 atom stereocenters. The van der Waals surface area contributed by atoms with E-state index < -0.39 is 17.5 Å². The molecule has 5 rings (SSSR count). The van der Waals surface area contributed by atoms with Crippen molar-refractivity contribution in [2.24, 2.45) is 5.92 Å². The van der Waals surface area contributed by atoms with Gasteiger partial charge in [0.25, 0.3) is 0 Å². The molecule has 4 heterocycles. The molecule has 3 aromatic rings. The first kappa shape index (κ1) is 23.4. The molecular formula is C25H21NO7S2. The third kappa shape index (κ3) is 4.51. The lowest BCUT2D eigenvalue weighted by molar-refractivity contribution is -0.154. The number of thiophene rings is 1. The molecule has 1 N–H and O–H groups in total. The van der Waals surface area contributed by atoms with Crippen molar-refractivity contribution in [3.05, 3.63) is 73.9 Å². The van der Waals surface area contributed by atoms with Gasteiger partial charge in [0, 0.05) is 46.6 Å². The first-order chi connectivity index (χ1) is 16.8. The number of carboxylic acid groups (broad SMARTS) is 1. The number of ether oxygens (including phenoxy) is 1. The number of hydrogen-bond donors (Lipinski definition) is 1. The topological polar surface area (TPSA) is 114 Å². The van der Waals surface area contributed by atoms with Gasteiger partial charge < -0.3 is 14.3 Å². The summed E-state index contributed by atoms with van der Waals surface area (Å²) >= 11 is 2.94. The van der Waals surface area contributed by atoms with E-state index in [9.17, 15) is 24.3 Å². The molecule has 2 aromatic heterocycles. The molecule has 180 valence electrons. The Labute approximate surface area is 208 Å². The molecule has 1 saturated heterocycles. The predicted octanol–water partition coefficient (Wildman–Crippen LogP) is 3.61. The van der Waals surface area contributed by atoms with Crippen molar-refractivity contribution >= 4 is 51.7 Å². The molecule has 0 aliphatic carbocycles. The van der Waals surface area contributed by atoms with E-state index in [0.29, 0.717) is 22.7 Å². The van der Waals surface area contributed by atoms with Gasteiger partial charge >= 0.3 is 11.6 Å². The Balaban J connectivity index is 1.30. The van der Waals surface area contributed by atoms with E-state index in [-0.39, 0.29) is 42.2 Å². The number of aliphatic carboxylic acids is 1. The number of amides is 1. The molecule has 8 nitrogen and oxygen atoms in total. The van der Waals surface area contributed by atoms with Crippen LogP contribution in [0.4, 0.5) is 0 Å². The number of aryl methyl sites for hydroxylation is 1. The van der Waals surface area contributed by atoms with Gasteiger partial charge in [-0.3, -0.25) is 14.5 Å². The Morgan fingerprint density at radius 2 is 2.06 bits per heavy atom. The summed E-state index contributed by atoms with van der Waals surface area (Å²) in [6, 6.07) is 10.3. The van der Waals surface area contributed by atoms with E-state index in [2.05, 4.69) is 0 Å². The normalized spacial score (nSPS) is 19.5. The molecule has 35 heavy (non-hydrogen) atoms. The van der Waals surface area contributed by atoms with Crippen molar-refractivity contribution in [3.63, 3.8) is 0 Å². The third-order valence-electron chi connectivity index (χ3n) is 6.09. The average molecular weight is 512 g/mol. The Hall–Kier alpha value is -3.37. The summed E-state index contributed by atoms with van der Waals surface area (Å²) in [6.07, 6.45) is 0.385. The van der Waals surface area contributed by atoms with Crippen LogP contribution in [0.25, 0.3) is 11.0 Å². The number of β-lactam (4-membered cyclic amide) rings is 1. The molecular weight excluding hydrogens is 490 g/mol. The maximum absolute atomic E-state index is 12.9. The van der Waals surface area contributed by atoms with Gasteiger partial charge in [0.1, 0.15) is 29.4 Å². The Kier molecular flexibility index (Phi) is 6.24. The fraction of sp³-hybridized carbons (Fsp3) is 0.280. The van der Waals surface area contributed by atoms with Gasteiger partial charge in [-0.25, -0.2) is 9.59 Å². The average Bonchev–Trinajstić information content (AvgIpc) is 3.33. The minimum atomic E-state index is -1.20. The van der Waals surface area contributed by atoms with Gasteiger partial charge in [-0.05, 0) is 36.1 Å². The lowest BCUT2D eigenvalue weighted by Crippen LogP contribution is -2.62. The fourth-order valence-corrected chi connectivity index (χ4v) is 6.55. The van der Waals surface area contributed by atoms with Gasteiger partial charge in [0.2, 0.25) is 5.91 Å². The summed E-state index contributed by atoms with van der Waals surface area (Å²) in [5.74, 6) is -1.31. The minimum absolute atomic E-state index is 0.0285. The predicted molar refractivity (Wildman–Crippen MR) is 132 cm³/mol. The highest BCUT2D eigenvalue weighted by Crippen LogP contribution is 2.45. The van der Waals surface area contributed by atoms with E-state index in [1.807, 2.05) is 24.4 Å². The highest BCUT2D eigenvalue weighted by molar-refractivity contribution is 8.00. The smallest absolute Gasteiger partial charge is 0.352 e. The van der Waals surface area contributed by atoms with E-state index >= 15 is 0 Å². The molecule has 1 aromatic carbocycles. The molecule has 2 aliphatic rings. The van der Waals surface area contributed by atoms with Gasteiger partial charge in [-0.1, -0.05) is 6.07 Å². The highest BCUT2D eigenvalue weighted by atomic mass is 32.2. The number of carbonyl (C=O) groups is 3. The molecule has 1 fully saturated rings. The Morgan fingerprint density at radius 1 is 1.23 bits per heavy atom. The summed E-state index contributed by atoms with van der Waals surface area (Å²) in [5.41, 5.74) is 1.10. The number of benzene rings is 1. The summed E-state index contributed by atoms with van der Waals surface area (Å²) < 4.78 is 11.1. The van der Waals surface area contributed by atoms with Crippen LogP contribution in [0.2, 0.25) is 0 Å². The maximum Gasteiger partial charge on any atom is 0.352 e. The van der Waals surface area contributed by atoms with Crippen LogP contribution >= 0.6 is 23.1 Å². The second-order valence-corrected chi connectivity index (χ2v) is 10.6. The lowest BCUT2D eigenvalue weighted by Gasteiger charge is -2.49. The largest absolute Gasteiger partial charge is 0.489 e. The number of thioether (sulfide) groups is 1. The van der Waals surface area contributed by atoms with Crippen molar-refractivity contribution in [3.8, 4) is 5.75 Å². The second-order valence-electron chi connectivity index (χ2n) is 8.47. The Morgan fingerprint density at radius 3 is 2.80 bits per heavy atom. The maximum atomic E-state index is 12.9. The second kappa shape index (κ2) is 9.35. The van der Waals surface area contributed by atoms with Crippen molar-refractivity contribution in [2.75, 3.05) is 12.4 Å². The molecule has 1 amide bonds.